The Hall–Kier alpha value is -0.990. The Morgan fingerprint density at radius 1 is 1.47 bits per heavy atom. The highest BCUT2D eigenvalue weighted by Crippen LogP contribution is 2.25. The van der Waals surface area contributed by atoms with Gasteiger partial charge in [-0.15, -0.1) is 0 Å². The van der Waals surface area contributed by atoms with Crippen LogP contribution in [0, 0.1) is 0 Å². The first-order valence-corrected chi connectivity index (χ1v) is 6.15. The fraction of sp³-hybridized carbons (Fsp3) is 0.429. The van der Waals surface area contributed by atoms with E-state index >= 15 is 0 Å². The molecule has 3 heteroatoms. The van der Waals surface area contributed by atoms with Crippen molar-refractivity contribution in [2.75, 3.05) is 13.7 Å². The van der Waals surface area contributed by atoms with Crippen LogP contribution >= 0.6 is 11.6 Å². The molecule has 0 aromatic heterocycles. The first-order chi connectivity index (χ1) is 8.02. The number of methoxy groups -OCH3 is 1. The number of benzene rings is 1. The van der Waals surface area contributed by atoms with Gasteiger partial charge in [-0.25, -0.2) is 0 Å². The van der Waals surface area contributed by atoms with Crippen molar-refractivity contribution >= 4 is 17.7 Å². The van der Waals surface area contributed by atoms with Crippen molar-refractivity contribution in [1.29, 1.82) is 0 Å². The highest BCUT2D eigenvalue weighted by Gasteiger charge is 2.00. The lowest BCUT2D eigenvalue weighted by Crippen LogP contribution is -2.24. The number of nitrogens with one attached hydrogen (secondary N) is 1. The number of rotatable bonds is 5. The third-order valence-electron chi connectivity index (χ3n) is 2.38. The van der Waals surface area contributed by atoms with Gasteiger partial charge in [0.1, 0.15) is 5.75 Å². The van der Waals surface area contributed by atoms with Crippen LogP contribution in [0.3, 0.4) is 0 Å². The molecular weight excluding hydrogens is 234 g/mol. The third kappa shape index (κ3) is 4.80. The molecule has 1 aromatic rings. The molecule has 0 radical (unpaired) electrons. The van der Waals surface area contributed by atoms with E-state index in [4.69, 9.17) is 16.3 Å². The number of hydrogen-bond donors (Lipinski definition) is 1. The molecule has 1 rings (SSSR count). The van der Waals surface area contributed by atoms with Crippen LogP contribution in [0.2, 0.25) is 5.02 Å². The molecule has 0 aliphatic carbocycles. The zero-order chi connectivity index (χ0) is 12.8. The number of hydrogen-bond acceptors (Lipinski definition) is 2. The van der Waals surface area contributed by atoms with Gasteiger partial charge in [0.25, 0.3) is 0 Å². The van der Waals surface area contributed by atoms with Gasteiger partial charge < -0.3 is 10.1 Å². The van der Waals surface area contributed by atoms with Gasteiger partial charge in [-0.1, -0.05) is 43.2 Å². The van der Waals surface area contributed by atoms with E-state index in [1.807, 2.05) is 18.2 Å². The first kappa shape index (κ1) is 14.1. The molecule has 0 saturated heterocycles. The maximum atomic E-state index is 6.07. The van der Waals surface area contributed by atoms with E-state index < -0.39 is 0 Å². The van der Waals surface area contributed by atoms with Crippen molar-refractivity contribution in [3.8, 4) is 5.75 Å². The van der Waals surface area contributed by atoms with Crippen LogP contribution in [-0.4, -0.2) is 19.7 Å². The molecule has 0 atom stereocenters. The van der Waals surface area contributed by atoms with Crippen LogP contribution in [-0.2, 0) is 0 Å². The predicted octanol–water partition coefficient (Wildman–Crippen LogP) is 3.75. The summed E-state index contributed by atoms with van der Waals surface area (Å²) < 4.78 is 5.12. The van der Waals surface area contributed by atoms with Crippen molar-refractivity contribution in [3.63, 3.8) is 0 Å². The molecule has 1 N–H and O–H groups in total. The van der Waals surface area contributed by atoms with Crippen LogP contribution in [0.4, 0.5) is 0 Å². The summed E-state index contributed by atoms with van der Waals surface area (Å²) in [4.78, 5) is 0. The van der Waals surface area contributed by atoms with E-state index in [1.165, 1.54) is 5.57 Å². The van der Waals surface area contributed by atoms with Crippen molar-refractivity contribution in [1.82, 2.24) is 5.32 Å². The quantitative estimate of drug-likeness (QED) is 0.863. The molecule has 2 nitrogen and oxygen atoms in total. The lowest BCUT2D eigenvalue weighted by molar-refractivity contribution is 0.415. The van der Waals surface area contributed by atoms with Gasteiger partial charge in [-0.2, -0.15) is 0 Å². The molecule has 0 fully saturated rings. The lowest BCUT2D eigenvalue weighted by atomic mass is 10.1. The largest absolute Gasteiger partial charge is 0.495 e. The van der Waals surface area contributed by atoms with E-state index in [1.54, 1.807) is 7.11 Å². The average molecular weight is 254 g/mol. The Balaban J connectivity index is 2.73. The van der Waals surface area contributed by atoms with E-state index in [9.17, 15) is 0 Å². The summed E-state index contributed by atoms with van der Waals surface area (Å²) in [6.45, 7) is 7.27. The Morgan fingerprint density at radius 3 is 2.71 bits per heavy atom. The van der Waals surface area contributed by atoms with Gasteiger partial charge in [0.05, 0.1) is 12.1 Å². The van der Waals surface area contributed by atoms with E-state index in [2.05, 4.69) is 32.2 Å². The van der Waals surface area contributed by atoms with Gasteiger partial charge >= 0.3 is 0 Å². The normalized spacial score (nSPS) is 12.0. The smallest absolute Gasteiger partial charge is 0.137 e. The summed E-state index contributed by atoms with van der Waals surface area (Å²) in [5.74, 6) is 0.710. The van der Waals surface area contributed by atoms with Gasteiger partial charge in [0, 0.05) is 12.6 Å². The van der Waals surface area contributed by atoms with Gasteiger partial charge in [0.2, 0.25) is 0 Å². The Bertz CT molecular complexity index is 399. The molecule has 0 saturated carbocycles. The van der Waals surface area contributed by atoms with Crippen molar-refractivity contribution in [2.24, 2.45) is 0 Å². The summed E-state index contributed by atoms with van der Waals surface area (Å²) >= 11 is 6.07. The van der Waals surface area contributed by atoms with Crippen LogP contribution in [0.15, 0.2) is 23.8 Å². The summed E-state index contributed by atoms with van der Waals surface area (Å²) in [5, 5.41) is 4.02. The Labute approximate surface area is 109 Å². The molecule has 17 heavy (non-hydrogen) atoms. The maximum Gasteiger partial charge on any atom is 0.137 e. The minimum Gasteiger partial charge on any atom is -0.495 e. The van der Waals surface area contributed by atoms with Crippen molar-refractivity contribution < 1.29 is 4.74 Å². The van der Waals surface area contributed by atoms with E-state index in [0.717, 1.165) is 12.1 Å². The van der Waals surface area contributed by atoms with Crippen molar-refractivity contribution in [3.05, 3.63) is 34.4 Å². The number of halogens is 1. The summed E-state index contributed by atoms with van der Waals surface area (Å²) in [6, 6.07) is 6.30. The van der Waals surface area contributed by atoms with Crippen LogP contribution < -0.4 is 10.1 Å². The zero-order valence-electron chi connectivity index (χ0n) is 10.9. The monoisotopic (exact) mass is 253 g/mol. The number of ether oxygens (including phenoxy) is 1. The average Bonchev–Trinajstić information content (AvgIpc) is 2.26. The molecule has 0 aliphatic rings. The van der Waals surface area contributed by atoms with Gasteiger partial charge in [0.15, 0.2) is 0 Å². The lowest BCUT2D eigenvalue weighted by Gasteiger charge is -2.08. The Morgan fingerprint density at radius 2 is 2.18 bits per heavy atom. The Kier molecular flexibility index (Phi) is 5.52. The first-order valence-electron chi connectivity index (χ1n) is 5.77. The second kappa shape index (κ2) is 6.67. The highest BCUT2D eigenvalue weighted by atomic mass is 35.5. The summed E-state index contributed by atoms with van der Waals surface area (Å²) in [7, 11) is 1.62. The molecule has 0 aliphatic heterocycles. The van der Waals surface area contributed by atoms with Crippen LogP contribution in [0.1, 0.15) is 26.3 Å². The standard InChI is InChI=1S/C14H20ClNO/c1-10(2)16-9-11(3)7-12-5-6-14(17-4)13(15)8-12/h5-8,10,16H,9H2,1-4H3. The molecule has 0 heterocycles. The van der Waals surface area contributed by atoms with Gasteiger partial charge in [-0.3, -0.25) is 0 Å². The SMILES string of the molecule is COc1ccc(C=C(C)CNC(C)C)cc1Cl. The van der Waals surface area contributed by atoms with E-state index in [-0.39, 0.29) is 0 Å². The molecule has 0 unspecified atom stereocenters. The predicted molar refractivity (Wildman–Crippen MR) is 74.8 cm³/mol. The zero-order valence-corrected chi connectivity index (χ0v) is 11.6. The molecule has 0 spiro atoms. The second-order valence-electron chi connectivity index (χ2n) is 4.42. The highest BCUT2D eigenvalue weighted by molar-refractivity contribution is 6.32. The molecule has 0 amide bonds. The fourth-order valence-corrected chi connectivity index (χ4v) is 1.74. The fourth-order valence-electron chi connectivity index (χ4n) is 1.47. The molecule has 1 aromatic carbocycles. The summed E-state index contributed by atoms with van der Waals surface area (Å²) in [5.41, 5.74) is 2.37. The second-order valence-corrected chi connectivity index (χ2v) is 4.83. The van der Waals surface area contributed by atoms with Crippen molar-refractivity contribution in [2.45, 2.75) is 26.8 Å². The van der Waals surface area contributed by atoms with Crippen LogP contribution in [0.5, 0.6) is 5.75 Å². The molecule has 94 valence electrons. The topological polar surface area (TPSA) is 21.3 Å². The molecule has 0 bridgehead atoms. The minimum atomic E-state index is 0.498. The van der Waals surface area contributed by atoms with Gasteiger partial charge in [-0.05, 0) is 24.6 Å². The van der Waals surface area contributed by atoms with E-state index in [0.29, 0.717) is 16.8 Å². The molecular formula is C14H20ClNO. The summed E-state index contributed by atoms with van der Waals surface area (Å²) in [6.07, 6.45) is 2.13. The third-order valence-corrected chi connectivity index (χ3v) is 2.67. The van der Waals surface area contributed by atoms with Crippen LogP contribution in [0.25, 0.3) is 6.08 Å². The minimum absolute atomic E-state index is 0.498. The maximum absolute atomic E-state index is 6.07.